The van der Waals surface area contributed by atoms with Crippen LogP contribution in [0.2, 0.25) is 0 Å². The van der Waals surface area contributed by atoms with Crippen LogP contribution in [-0.4, -0.2) is 46.1 Å². The van der Waals surface area contributed by atoms with E-state index in [1.54, 1.807) is 0 Å². The number of rotatable bonds is 5. The van der Waals surface area contributed by atoms with Crippen LogP contribution < -0.4 is 0 Å². The third-order valence-electron chi connectivity index (χ3n) is 1.52. The molecule has 0 aromatic carbocycles. The number of nitrogens with zero attached hydrogens (tertiary/aromatic N) is 2. The summed E-state index contributed by atoms with van der Waals surface area (Å²) in [5.41, 5.74) is 0. The second-order valence-corrected chi connectivity index (χ2v) is 2.53. The second kappa shape index (κ2) is 4.42. The number of urea groups is 1. The minimum Gasteiger partial charge on any atom is -0.480 e. The molecule has 1 aliphatic rings. The minimum absolute atomic E-state index is 0.389. The van der Waals surface area contributed by atoms with E-state index >= 15 is 0 Å². The van der Waals surface area contributed by atoms with Crippen LogP contribution in [0.5, 0.6) is 0 Å². The van der Waals surface area contributed by atoms with Gasteiger partial charge in [0.1, 0.15) is 19.4 Å². The van der Waals surface area contributed by atoms with E-state index in [4.69, 9.17) is 5.11 Å². The van der Waals surface area contributed by atoms with Crippen molar-refractivity contribution in [1.82, 2.24) is 9.96 Å². The molecule has 1 N–H and O–H groups in total. The predicted molar refractivity (Wildman–Crippen MR) is 43.8 cm³/mol. The van der Waals surface area contributed by atoms with Gasteiger partial charge >= 0.3 is 12.0 Å². The van der Waals surface area contributed by atoms with Crippen molar-refractivity contribution >= 4 is 17.9 Å². The number of carbonyl (C=O) groups is 3. The second-order valence-electron chi connectivity index (χ2n) is 2.53. The van der Waals surface area contributed by atoms with Crippen molar-refractivity contribution in [2.24, 2.45) is 0 Å². The summed E-state index contributed by atoms with van der Waals surface area (Å²) < 4.78 is 0. The van der Waals surface area contributed by atoms with E-state index in [0.717, 1.165) is 6.26 Å². The fraction of sp³-hybridized carbons (Fsp3) is 0.286. The van der Waals surface area contributed by atoms with Crippen LogP contribution in [0.25, 0.3) is 0 Å². The van der Waals surface area contributed by atoms with Gasteiger partial charge in [0.2, 0.25) is 0 Å². The van der Waals surface area contributed by atoms with E-state index in [9.17, 15) is 14.4 Å². The van der Waals surface area contributed by atoms with Crippen molar-refractivity contribution in [3.63, 3.8) is 0 Å². The average Bonchev–Trinajstić information content (AvgIpc) is 2.42. The van der Waals surface area contributed by atoms with Gasteiger partial charge in [-0.15, -0.1) is 0 Å². The van der Waals surface area contributed by atoms with Gasteiger partial charge in [-0.1, -0.05) is 11.6 Å². The molecular formula is C7H8N2O6. The fourth-order valence-electron chi connectivity index (χ4n) is 0.949. The molecule has 0 aliphatic carbocycles. The summed E-state index contributed by atoms with van der Waals surface area (Å²) in [7, 11) is 0. The monoisotopic (exact) mass is 216 g/mol. The molecule has 0 spiro atoms. The number of carboxylic acids is 1. The third kappa shape index (κ3) is 2.44. The minimum atomic E-state index is -1.29. The summed E-state index contributed by atoms with van der Waals surface area (Å²) in [6, 6.07) is -0.885. The van der Waals surface area contributed by atoms with Crippen molar-refractivity contribution in [3.8, 4) is 0 Å². The van der Waals surface area contributed by atoms with E-state index in [0.29, 0.717) is 9.96 Å². The van der Waals surface area contributed by atoms with Crippen LogP contribution in [-0.2, 0) is 19.5 Å². The molecule has 1 aliphatic heterocycles. The highest BCUT2D eigenvalue weighted by Gasteiger charge is 2.39. The Hall–Kier alpha value is -2.09. The summed E-state index contributed by atoms with van der Waals surface area (Å²) in [5, 5.41) is 9.01. The summed E-state index contributed by atoms with van der Waals surface area (Å²) in [4.78, 5) is 41.9. The van der Waals surface area contributed by atoms with Gasteiger partial charge in [-0.2, -0.15) is 5.06 Å². The number of carboxylic acid groups (broad SMARTS) is 1. The van der Waals surface area contributed by atoms with Crippen LogP contribution in [0.4, 0.5) is 4.79 Å². The number of hydroxylamine groups is 2. The molecule has 1 saturated heterocycles. The van der Waals surface area contributed by atoms with Crippen LogP contribution in [0.3, 0.4) is 0 Å². The van der Waals surface area contributed by atoms with Crippen LogP contribution in [0.1, 0.15) is 0 Å². The van der Waals surface area contributed by atoms with Crippen molar-refractivity contribution in [3.05, 3.63) is 12.8 Å². The molecule has 1 rings (SSSR count). The van der Waals surface area contributed by atoms with E-state index in [-0.39, 0.29) is 6.54 Å². The lowest BCUT2D eigenvalue weighted by atomic mass is 10.5. The Balaban J connectivity index is 2.61. The maximum atomic E-state index is 11.3. The van der Waals surface area contributed by atoms with Gasteiger partial charge in [-0.25, -0.2) is 9.69 Å². The van der Waals surface area contributed by atoms with Gasteiger partial charge in [-0.3, -0.25) is 9.59 Å². The number of hydrogen-bond donors (Lipinski definition) is 1. The van der Waals surface area contributed by atoms with E-state index in [1.807, 2.05) is 0 Å². The highest BCUT2D eigenvalue weighted by molar-refractivity contribution is 6.03. The van der Waals surface area contributed by atoms with Crippen molar-refractivity contribution in [2.45, 2.75) is 0 Å². The molecule has 0 aromatic heterocycles. The lowest BCUT2D eigenvalue weighted by Crippen LogP contribution is -2.36. The van der Waals surface area contributed by atoms with E-state index in [2.05, 4.69) is 16.5 Å². The molecule has 0 saturated carbocycles. The van der Waals surface area contributed by atoms with Gasteiger partial charge in [0.15, 0.2) is 0 Å². The summed E-state index contributed by atoms with van der Waals surface area (Å²) in [6.45, 7) is 2.06. The normalized spacial score (nSPS) is 15.7. The Morgan fingerprint density at radius 1 is 1.60 bits per heavy atom. The molecule has 0 atom stereocenters. The number of hydrogen-bond acceptors (Lipinski definition) is 5. The Labute approximate surface area is 84.1 Å². The molecule has 8 heteroatoms. The molecule has 8 nitrogen and oxygen atoms in total. The zero-order valence-corrected chi connectivity index (χ0v) is 7.58. The van der Waals surface area contributed by atoms with Crippen molar-refractivity contribution in [1.29, 1.82) is 0 Å². The van der Waals surface area contributed by atoms with Gasteiger partial charge in [0.05, 0.1) is 0 Å². The SMILES string of the molecule is C=COON1CC(=O)N(CC(=O)O)C1=O. The Kier molecular flexibility index (Phi) is 3.24. The number of aliphatic carboxylic acids is 1. The zero-order chi connectivity index (χ0) is 11.4. The van der Waals surface area contributed by atoms with Gasteiger partial charge < -0.3 is 9.99 Å². The van der Waals surface area contributed by atoms with Gasteiger partial charge in [0, 0.05) is 0 Å². The van der Waals surface area contributed by atoms with E-state index in [1.165, 1.54) is 0 Å². The first-order valence-corrected chi connectivity index (χ1v) is 3.84. The molecule has 15 heavy (non-hydrogen) atoms. The first-order chi connectivity index (χ1) is 7.06. The highest BCUT2D eigenvalue weighted by atomic mass is 17.3. The molecule has 0 bridgehead atoms. The molecule has 1 heterocycles. The molecular weight excluding hydrogens is 208 g/mol. The number of carbonyl (C=O) groups excluding carboxylic acids is 2. The Bertz CT molecular complexity index is 315. The molecule has 1 fully saturated rings. The topological polar surface area (TPSA) is 96.4 Å². The van der Waals surface area contributed by atoms with Crippen molar-refractivity contribution in [2.75, 3.05) is 13.1 Å². The third-order valence-corrected chi connectivity index (χ3v) is 1.52. The first-order valence-electron chi connectivity index (χ1n) is 3.84. The fourth-order valence-corrected chi connectivity index (χ4v) is 0.949. The molecule has 82 valence electrons. The number of imide groups is 1. The summed E-state index contributed by atoms with van der Waals surface area (Å²) in [6.07, 6.45) is 0.914. The van der Waals surface area contributed by atoms with Gasteiger partial charge in [0.25, 0.3) is 5.91 Å². The summed E-state index contributed by atoms with van der Waals surface area (Å²) in [5.74, 6) is -1.96. The largest absolute Gasteiger partial charge is 0.480 e. The molecule has 3 amide bonds. The lowest BCUT2D eigenvalue weighted by molar-refractivity contribution is -0.368. The highest BCUT2D eigenvalue weighted by Crippen LogP contribution is 2.10. The number of amides is 3. The van der Waals surface area contributed by atoms with Gasteiger partial charge in [-0.05, 0) is 0 Å². The Morgan fingerprint density at radius 2 is 2.27 bits per heavy atom. The molecule has 0 radical (unpaired) electrons. The molecule has 0 aromatic rings. The van der Waals surface area contributed by atoms with Crippen LogP contribution >= 0.6 is 0 Å². The first kappa shape index (κ1) is 11.0. The standard InChI is InChI=1S/C7H8N2O6/c1-2-14-15-9-3-5(10)8(7(9)13)4-6(11)12/h2H,1,3-4H2,(H,11,12). The zero-order valence-electron chi connectivity index (χ0n) is 7.58. The van der Waals surface area contributed by atoms with Crippen LogP contribution in [0, 0.1) is 0 Å². The maximum absolute atomic E-state index is 11.3. The smallest absolute Gasteiger partial charge is 0.354 e. The van der Waals surface area contributed by atoms with Crippen LogP contribution in [0.15, 0.2) is 12.8 Å². The lowest BCUT2D eigenvalue weighted by Gasteiger charge is -2.12. The maximum Gasteiger partial charge on any atom is 0.354 e. The average molecular weight is 216 g/mol. The Morgan fingerprint density at radius 3 is 2.80 bits per heavy atom. The predicted octanol–water partition coefficient (Wildman–Crippen LogP) is -0.658. The quantitative estimate of drug-likeness (QED) is 0.283. The molecule has 0 unspecified atom stereocenters. The van der Waals surface area contributed by atoms with E-state index < -0.39 is 24.5 Å². The van der Waals surface area contributed by atoms with Crippen molar-refractivity contribution < 1.29 is 29.4 Å². The summed E-state index contributed by atoms with van der Waals surface area (Å²) >= 11 is 0.